The molecule has 0 saturated carbocycles. The number of piperazine rings is 1. The predicted octanol–water partition coefficient (Wildman–Crippen LogP) is 4.15. The summed E-state index contributed by atoms with van der Waals surface area (Å²) in [4.78, 5) is 23.2. The zero-order valence-corrected chi connectivity index (χ0v) is 18.3. The van der Waals surface area contributed by atoms with E-state index in [1.54, 1.807) is 11.3 Å². The monoisotopic (exact) mass is 400 g/mol. The normalized spacial score (nSPS) is 16.1. The van der Waals surface area contributed by atoms with Crippen LogP contribution in [0.1, 0.15) is 38.5 Å². The molecule has 0 unspecified atom stereocenters. The molecule has 28 heavy (non-hydrogen) atoms. The Kier molecular flexibility index (Phi) is 7.21. The van der Waals surface area contributed by atoms with Crippen molar-refractivity contribution in [3.8, 4) is 11.3 Å². The second-order valence-corrected chi connectivity index (χ2v) is 9.30. The Hall–Kier alpha value is -1.76. The minimum atomic E-state index is 0.0287. The minimum absolute atomic E-state index is 0.0287. The van der Waals surface area contributed by atoms with Crippen LogP contribution in [0.4, 0.5) is 5.13 Å². The average Bonchev–Trinajstić information content (AvgIpc) is 3.07. The lowest BCUT2D eigenvalue weighted by atomic mass is 10.1. The van der Waals surface area contributed by atoms with Crippen LogP contribution in [0.25, 0.3) is 11.3 Å². The molecule has 1 aliphatic rings. The number of anilines is 1. The summed E-state index contributed by atoms with van der Waals surface area (Å²) in [6.07, 6.45) is 0. The number of thiazole rings is 1. The summed E-state index contributed by atoms with van der Waals surface area (Å²) in [6, 6.07) is 10.2. The molecular formula is C22H32N4OS. The summed E-state index contributed by atoms with van der Waals surface area (Å²) in [6.45, 7) is 14.4. The van der Waals surface area contributed by atoms with Crippen LogP contribution < -0.4 is 5.32 Å². The number of rotatable bonds is 7. The van der Waals surface area contributed by atoms with Crippen molar-refractivity contribution in [1.82, 2.24) is 14.8 Å². The first-order chi connectivity index (χ1) is 13.4. The Morgan fingerprint density at radius 1 is 1.07 bits per heavy atom. The van der Waals surface area contributed by atoms with E-state index in [0.29, 0.717) is 23.5 Å². The summed E-state index contributed by atoms with van der Waals surface area (Å²) in [5.41, 5.74) is 2.09. The molecule has 2 heterocycles. The first kappa shape index (κ1) is 21.0. The van der Waals surface area contributed by atoms with Crippen LogP contribution in [0.2, 0.25) is 0 Å². The molecule has 0 spiro atoms. The van der Waals surface area contributed by atoms with Crippen LogP contribution in [0.15, 0.2) is 30.3 Å². The number of amides is 1. The summed E-state index contributed by atoms with van der Waals surface area (Å²) < 4.78 is 0. The van der Waals surface area contributed by atoms with Crippen molar-refractivity contribution >= 4 is 22.4 Å². The van der Waals surface area contributed by atoms with E-state index >= 15 is 0 Å². The third-order valence-corrected chi connectivity index (χ3v) is 6.20. The van der Waals surface area contributed by atoms with Gasteiger partial charge in [0.25, 0.3) is 0 Å². The van der Waals surface area contributed by atoms with Gasteiger partial charge in [0.1, 0.15) is 0 Å². The van der Waals surface area contributed by atoms with Crippen LogP contribution in [0, 0.1) is 5.92 Å². The van der Waals surface area contributed by atoms with Crippen LogP contribution in [0.3, 0.4) is 0 Å². The highest BCUT2D eigenvalue weighted by atomic mass is 32.1. The van der Waals surface area contributed by atoms with E-state index in [4.69, 9.17) is 4.98 Å². The van der Waals surface area contributed by atoms with Gasteiger partial charge in [-0.3, -0.25) is 9.69 Å². The Balaban J connectivity index is 1.59. The molecule has 0 bridgehead atoms. The first-order valence-electron chi connectivity index (χ1n) is 10.2. The Bertz CT molecular complexity index is 764. The second-order valence-electron chi connectivity index (χ2n) is 8.27. The molecule has 1 fully saturated rings. The number of hydrogen-bond donors (Lipinski definition) is 1. The van der Waals surface area contributed by atoms with Crippen LogP contribution >= 0.6 is 11.3 Å². The first-order valence-corrected chi connectivity index (χ1v) is 11.0. The van der Waals surface area contributed by atoms with Crippen molar-refractivity contribution in [1.29, 1.82) is 0 Å². The van der Waals surface area contributed by atoms with Gasteiger partial charge in [-0.15, -0.1) is 11.3 Å². The number of hydrogen-bond acceptors (Lipinski definition) is 5. The molecule has 1 N–H and O–H groups in total. The molecule has 0 aliphatic carbocycles. The molecular weight excluding hydrogens is 368 g/mol. The van der Waals surface area contributed by atoms with Crippen molar-refractivity contribution in [2.24, 2.45) is 5.92 Å². The fraction of sp³-hybridized carbons (Fsp3) is 0.545. The molecule has 0 radical (unpaired) electrons. The number of nitrogens with zero attached hydrogens (tertiary/aromatic N) is 3. The molecule has 152 valence electrons. The van der Waals surface area contributed by atoms with Gasteiger partial charge < -0.3 is 10.2 Å². The topological polar surface area (TPSA) is 48.5 Å². The summed E-state index contributed by atoms with van der Waals surface area (Å²) in [7, 11) is 0. The average molecular weight is 401 g/mol. The van der Waals surface area contributed by atoms with Crippen LogP contribution in [-0.4, -0.2) is 60.0 Å². The Labute approximate surface area is 172 Å². The molecule has 1 saturated heterocycles. The summed E-state index contributed by atoms with van der Waals surface area (Å²) in [5.74, 6) is 1.09. The standard InChI is InChI=1S/C22H32N4OS/c1-16(2)14-25-10-12-26(13-11-25)15-19(27)23-22-24-20(21(28-22)17(3)4)18-8-6-5-7-9-18/h5-9,16-17H,10-15H2,1-4H3,(H,23,24,27). The maximum Gasteiger partial charge on any atom is 0.240 e. The van der Waals surface area contributed by atoms with Crippen molar-refractivity contribution in [2.75, 3.05) is 44.6 Å². The van der Waals surface area contributed by atoms with E-state index in [-0.39, 0.29) is 5.91 Å². The maximum atomic E-state index is 12.6. The van der Waals surface area contributed by atoms with Gasteiger partial charge in [-0.2, -0.15) is 0 Å². The molecule has 0 atom stereocenters. The molecule has 1 amide bonds. The smallest absolute Gasteiger partial charge is 0.240 e. The summed E-state index contributed by atoms with van der Waals surface area (Å²) >= 11 is 1.59. The van der Waals surface area contributed by atoms with E-state index in [0.717, 1.165) is 44.0 Å². The minimum Gasteiger partial charge on any atom is -0.301 e. The third kappa shape index (κ3) is 5.63. The summed E-state index contributed by atoms with van der Waals surface area (Å²) in [5, 5.41) is 3.73. The number of aromatic nitrogens is 1. The van der Waals surface area contributed by atoms with Gasteiger partial charge in [-0.25, -0.2) is 4.98 Å². The van der Waals surface area contributed by atoms with Crippen molar-refractivity contribution in [2.45, 2.75) is 33.6 Å². The molecule has 3 rings (SSSR count). The molecule has 1 aromatic heterocycles. The van der Waals surface area contributed by atoms with Gasteiger partial charge in [-0.1, -0.05) is 58.0 Å². The SMILES string of the molecule is CC(C)CN1CCN(CC(=O)Nc2nc(-c3ccccc3)c(C(C)C)s2)CC1. The van der Waals surface area contributed by atoms with E-state index < -0.39 is 0 Å². The highest BCUT2D eigenvalue weighted by Gasteiger charge is 2.21. The van der Waals surface area contributed by atoms with Crippen molar-refractivity contribution in [3.05, 3.63) is 35.2 Å². The largest absolute Gasteiger partial charge is 0.301 e. The highest BCUT2D eigenvalue weighted by Crippen LogP contribution is 2.36. The van der Waals surface area contributed by atoms with Crippen LogP contribution in [-0.2, 0) is 4.79 Å². The van der Waals surface area contributed by atoms with E-state index in [2.05, 4.69) is 54.9 Å². The van der Waals surface area contributed by atoms with E-state index in [9.17, 15) is 4.79 Å². The highest BCUT2D eigenvalue weighted by molar-refractivity contribution is 7.16. The number of carbonyl (C=O) groups is 1. The zero-order chi connectivity index (χ0) is 20.1. The molecule has 5 nitrogen and oxygen atoms in total. The predicted molar refractivity (Wildman–Crippen MR) is 118 cm³/mol. The van der Waals surface area contributed by atoms with Crippen molar-refractivity contribution < 1.29 is 4.79 Å². The second kappa shape index (κ2) is 9.63. The fourth-order valence-corrected chi connectivity index (χ4v) is 4.59. The van der Waals surface area contributed by atoms with Gasteiger partial charge in [-0.05, 0) is 11.8 Å². The number of nitrogens with one attached hydrogen (secondary N) is 1. The van der Waals surface area contributed by atoms with Gasteiger partial charge >= 0.3 is 0 Å². The molecule has 6 heteroatoms. The zero-order valence-electron chi connectivity index (χ0n) is 17.4. The van der Waals surface area contributed by atoms with Gasteiger partial charge in [0, 0.05) is 43.2 Å². The van der Waals surface area contributed by atoms with E-state index in [1.165, 1.54) is 4.88 Å². The lowest BCUT2D eigenvalue weighted by Crippen LogP contribution is -2.49. The molecule has 1 aromatic carbocycles. The van der Waals surface area contributed by atoms with Gasteiger partial charge in [0.2, 0.25) is 5.91 Å². The molecule has 2 aromatic rings. The maximum absolute atomic E-state index is 12.6. The third-order valence-electron chi connectivity index (χ3n) is 4.93. The lowest BCUT2D eigenvalue weighted by Gasteiger charge is -2.35. The number of benzene rings is 1. The van der Waals surface area contributed by atoms with Crippen LogP contribution in [0.5, 0.6) is 0 Å². The quantitative estimate of drug-likeness (QED) is 0.759. The number of carbonyl (C=O) groups excluding carboxylic acids is 1. The lowest BCUT2D eigenvalue weighted by molar-refractivity contribution is -0.117. The Morgan fingerprint density at radius 2 is 1.71 bits per heavy atom. The van der Waals surface area contributed by atoms with Gasteiger partial charge in [0.05, 0.1) is 12.2 Å². The molecule has 1 aliphatic heterocycles. The fourth-order valence-electron chi connectivity index (χ4n) is 3.59. The van der Waals surface area contributed by atoms with E-state index in [1.807, 2.05) is 18.2 Å². The Morgan fingerprint density at radius 3 is 2.32 bits per heavy atom. The van der Waals surface area contributed by atoms with Gasteiger partial charge in [0.15, 0.2) is 5.13 Å². The van der Waals surface area contributed by atoms with Crippen molar-refractivity contribution in [3.63, 3.8) is 0 Å².